The number of hydrogen-bond donors (Lipinski definition) is 2. The van der Waals surface area contributed by atoms with Crippen LogP contribution in [-0.4, -0.2) is 32.8 Å². The molecule has 0 aliphatic heterocycles. The molecule has 0 heterocycles. The third kappa shape index (κ3) is 8.61. The smallest absolute Gasteiger partial charge is 0.191 e. The van der Waals surface area contributed by atoms with Crippen LogP contribution in [0.3, 0.4) is 0 Å². The molecule has 0 saturated heterocycles. The van der Waals surface area contributed by atoms with Crippen molar-refractivity contribution in [3.63, 3.8) is 0 Å². The van der Waals surface area contributed by atoms with Gasteiger partial charge in [0.15, 0.2) is 17.5 Å². The minimum absolute atomic E-state index is 0. The van der Waals surface area contributed by atoms with Crippen LogP contribution >= 0.6 is 24.0 Å². The summed E-state index contributed by atoms with van der Waals surface area (Å²) in [5.74, 6) is 1.70. The zero-order valence-electron chi connectivity index (χ0n) is 18.2. The fourth-order valence-corrected chi connectivity index (χ4v) is 2.90. The normalized spacial score (nSPS) is 10.6. The van der Waals surface area contributed by atoms with Gasteiger partial charge in [-0.2, -0.15) is 5.26 Å². The molecule has 0 aromatic heterocycles. The fraction of sp³-hybridized carbons (Fsp3) is 0.391. The molecule has 0 fully saturated rings. The van der Waals surface area contributed by atoms with Crippen molar-refractivity contribution in [3.05, 3.63) is 58.9 Å². The Morgan fingerprint density at radius 1 is 1.13 bits per heavy atom. The molecule has 0 aliphatic carbocycles. The molecule has 8 heteroatoms. The molecular formula is C23H30FIN4O2. The molecule has 2 aromatic rings. The molecule has 0 aliphatic rings. The number of ether oxygens (including phenoxy) is 2. The lowest BCUT2D eigenvalue weighted by molar-refractivity contribution is 0.310. The van der Waals surface area contributed by atoms with Crippen LogP contribution in [0, 0.1) is 17.1 Å². The number of benzene rings is 2. The van der Waals surface area contributed by atoms with Crippen molar-refractivity contribution in [2.45, 2.75) is 33.2 Å². The predicted molar refractivity (Wildman–Crippen MR) is 132 cm³/mol. The maximum atomic E-state index is 14.0. The molecular weight excluding hydrogens is 510 g/mol. The first-order chi connectivity index (χ1) is 14.6. The monoisotopic (exact) mass is 540 g/mol. The van der Waals surface area contributed by atoms with Gasteiger partial charge in [0.2, 0.25) is 0 Å². The summed E-state index contributed by atoms with van der Waals surface area (Å²) in [5, 5.41) is 15.3. The van der Waals surface area contributed by atoms with Gasteiger partial charge < -0.3 is 20.1 Å². The van der Waals surface area contributed by atoms with Crippen molar-refractivity contribution < 1.29 is 13.9 Å². The SMILES string of the molecule is CCNC(=NCc1ccc(C#N)cc1F)NCCCc1ccc(OC)c(OCC)c1.I. The number of methoxy groups -OCH3 is 1. The average Bonchev–Trinajstić information content (AvgIpc) is 2.76. The van der Waals surface area contributed by atoms with E-state index in [2.05, 4.69) is 15.6 Å². The summed E-state index contributed by atoms with van der Waals surface area (Å²) in [6.45, 7) is 6.13. The van der Waals surface area contributed by atoms with Gasteiger partial charge in [0.05, 0.1) is 31.9 Å². The second kappa shape index (κ2) is 14.5. The summed E-state index contributed by atoms with van der Waals surface area (Å²) in [6, 6.07) is 12.3. The largest absolute Gasteiger partial charge is 0.493 e. The summed E-state index contributed by atoms with van der Waals surface area (Å²) in [4.78, 5) is 4.44. The number of aliphatic imine (C=N–C) groups is 1. The topological polar surface area (TPSA) is 78.7 Å². The third-order valence-electron chi connectivity index (χ3n) is 4.40. The Morgan fingerprint density at radius 3 is 2.58 bits per heavy atom. The molecule has 0 unspecified atom stereocenters. The summed E-state index contributed by atoms with van der Waals surface area (Å²) < 4.78 is 25.0. The lowest BCUT2D eigenvalue weighted by Crippen LogP contribution is -2.37. The molecule has 31 heavy (non-hydrogen) atoms. The van der Waals surface area contributed by atoms with Crippen LogP contribution in [0.5, 0.6) is 11.5 Å². The molecule has 0 bridgehead atoms. The molecule has 6 nitrogen and oxygen atoms in total. The van der Waals surface area contributed by atoms with Gasteiger partial charge in [-0.15, -0.1) is 24.0 Å². The number of rotatable bonds is 10. The quantitative estimate of drug-likeness (QED) is 0.202. The number of guanidine groups is 1. The van der Waals surface area contributed by atoms with E-state index in [0.717, 1.165) is 30.9 Å². The number of nitrogens with one attached hydrogen (secondary N) is 2. The molecule has 0 saturated carbocycles. The second-order valence-corrected chi connectivity index (χ2v) is 6.56. The van der Waals surface area contributed by atoms with E-state index in [4.69, 9.17) is 14.7 Å². The van der Waals surface area contributed by atoms with Gasteiger partial charge in [0, 0.05) is 18.7 Å². The van der Waals surface area contributed by atoms with Crippen LogP contribution in [0.15, 0.2) is 41.4 Å². The Morgan fingerprint density at radius 2 is 1.94 bits per heavy atom. The highest BCUT2D eigenvalue weighted by Crippen LogP contribution is 2.28. The molecule has 2 N–H and O–H groups in total. The Bertz CT molecular complexity index is 900. The van der Waals surface area contributed by atoms with Gasteiger partial charge in [-0.1, -0.05) is 12.1 Å². The molecule has 0 spiro atoms. The number of halogens is 2. The Balaban J connectivity index is 0.00000480. The number of aryl methyl sites for hydroxylation is 1. The van der Waals surface area contributed by atoms with E-state index in [1.807, 2.05) is 38.1 Å². The molecule has 0 atom stereocenters. The highest BCUT2D eigenvalue weighted by molar-refractivity contribution is 14.0. The van der Waals surface area contributed by atoms with E-state index in [1.54, 1.807) is 19.2 Å². The minimum Gasteiger partial charge on any atom is -0.493 e. The third-order valence-corrected chi connectivity index (χ3v) is 4.40. The van der Waals surface area contributed by atoms with Crippen LogP contribution in [0.1, 0.15) is 37.0 Å². The van der Waals surface area contributed by atoms with Crippen molar-refractivity contribution >= 4 is 29.9 Å². The highest BCUT2D eigenvalue weighted by Gasteiger charge is 2.06. The lowest BCUT2D eigenvalue weighted by atomic mass is 10.1. The number of nitrogens with zero attached hydrogens (tertiary/aromatic N) is 2. The Hall–Kier alpha value is -2.54. The van der Waals surface area contributed by atoms with Gasteiger partial charge in [-0.3, -0.25) is 0 Å². The maximum absolute atomic E-state index is 14.0. The van der Waals surface area contributed by atoms with E-state index in [-0.39, 0.29) is 30.5 Å². The minimum atomic E-state index is -0.418. The fourth-order valence-electron chi connectivity index (χ4n) is 2.90. The molecule has 168 valence electrons. The first-order valence-corrected chi connectivity index (χ1v) is 10.1. The first kappa shape index (κ1) is 26.5. The summed E-state index contributed by atoms with van der Waals surface area (Å²) >= 11 is 0. The van der Waals surface area contributed by atoms with Crippen LogP contribution in [-0.2, 0) is 13.0 Å². The number of nitriles is 1. The molecule has 0 amide bonds. The van der Waals surface area contributed by atoms with E-state index in [1.165, 1.54) is 11.6 Å². The molecule has 0 radical (unpaired) electrons. The van der Waals surface area contributed by atoms with Crippen LogP contribution in [0.25, 0.3) is 0 Å². The predicted octanol–water partition coefficient (Wildman–Crippen LogP) is 4.41. The zero-order chi connectivity index (χ0) is 21.8. The Labute approximate surface area is 200 Å². The van der Waals surface area contributed by atoms with Gasteiger partial charge >= 0.3 is 0 Å². The van der Waals surface area contributed by atoms with E-state index in [0.29, 0.717) is 30.2 Å². The lowest BCUT2D eigenvalue weighted by Gasteiger charge is -2.13. The summed E-state index contributed by atoms with van der Waals surface area (Å²) in [6.07, 6.45) is 1.77. The van der Waals surface area contributed by atoms with E-state index >= 15 is 0 Å². The van der Waals surface area contributed by atoms with Gasteiger partial charge in [0.1, 0.15) is 5.82 Å². The maximum Gasteiger partial charge on any atom is 0.191 e. The van der Waals surface area contributed by atoms with Gasteiger partial charge in [-0.05, 0) is 56.5 Å². The standard InChI is InChI=1S/C23H29FN4O2.HI/c1-4-26-23(28-16-19-10-8-18(15-25)13-20(19)24)27-12-6-7-17-9-11-21(29-3)22(14-17)30-5-2;/h8-11,13-14H,4-7,12,16H2,1-3H3,(H2,26,27,28);1H. The van der Waals surface area contributed by atoms with Crippen molar-refractivity contribution in [3.8, 4) is 17.6 Å². The van der Waals surface area contributed by atoms with Crippen LogP contribution in [0.2, 0.25) is 0 Å². The van der Waals surface area contributed by atoms with Crippen LogP contribution in [0.4, 0.5) is 4.39 Å². The molecule has 2 aromatic carbocycles. The van der Waals surface area contributed by atoms with Crippen molar-refractivity contribution in [1.82, 2.24) is 10.6 Å². The van der Waals surface area contributed by atoms with E-state index in [9.17, 15) is 4.39 Å². The van der Waals surface area contributed by atoms with Crippen molar-refractivity contribution in [1.29, 1.82) is 5.26 Å². The second-order valence-electron chi connectivity index (χ2n) is 6.56. The molecule has 2 rings (SSSR count). The highest BCUT2D eigenvalue weighted by atomic mass is 127. The van der Waals surface area contributed by atoms with E-state index < -0.39 is 5.82 Å². The van der Waals surface area contributed by atoms with Gasteiger partial charge in [0.25, 0.3) is 0 Å². The average molecular weight is 540 g/mol. The van der Waals surface area contributed by atoms with Crippen LogP contribution < -0.4 is 20.1 Å². The van der Waals surface area contributed by atoms with Crippen molar-refractivity contribution in [2.75, 3.05) is 26.8 Å². The van der Waals surface area contributed by atoms with Crippen molar-refractivity contribution in [2.24, 2.45) is 4.99 Å². The number of hydrogen-bond acceptors (Lipinski definition) is 4. The zero-order valence-corrected chi connectivity index (χ0v) is 20.5. The first-order valence-electron chi connectivity index (χ1n) is 10.1. The summed E-state index contributed by atoms with van der Waals surface area (Å²) in [5.41, 5.74) is 1.92. The Kier molecular flexibility index (Phi) is 12.4. The van der Waals surface area contributed by atoms with Gasteiger partial charge in [-0.25, -0.2) is 9.38 Å². The summed E-state index contributed by atoms with van der Waals surface area (Å²) in [7, 11) is 1.63.